The predicted molar refractivity (Wildman–Crippen MR) is 68.8 cm³/mol. The van der Waals surface area contributed by atoms with Crippen LogP contribution in [0, 0.1) is 0 Å². The van der Waals surface area contributed by atoms with Crippen molar-refractivity contribution in [3.63, 3.8) is 0 Å². The van der Waals surface area contributed by atoms with E-state index in [1.54, 1.807) is 18.2 Å². The molecule has 6 heteroatoms. The van der Waals surface area contributed by atoms with Gasteiger partial charge in [-0.3, -0.25) is 9.78 Å². The SMILES string of the molecule is CCOCCOc1nc2ccc(N)cc2c(=O)[nH]1. The van der Waals surface area contributed by atoms with Crippen molar-refractivity contribution in [3.8, 4) is 6.01 Å². The van der Waals surface area contributed by atoms with E-state index in [0.29, 0.717) is 36.4 Å². The van der Waals surface area contributed by atoms with Crippen molar-refractivity contribution < 1.29 is 9.47 Å². The first-order valence-electron chi connectivity index (χ1n) is 5.71. The van der Waals surface area contributed by atoms with E-state index in [1.807, 2.05) is 6.92 Å². The summed E-state index contributed by atoms with van der Waals surface area (Å²) >= 11 is 0. The zero-order chi connectivity index (χ0) is 13.0. The molecular weight excluding hydrogens is 234 g/mol. The third kappa shape index (κ3) is 2.78. The number of H-pyrrole nitrogens is 1. The Morgan fingerprint density at radius 2 is 2.22 bits per heavy atom. The van der Waals surface area contributed by atoms with Crippen molar-refractivity contribution in [2.45, 2.75) is 6.92 Å². The first-order chi connectivity index (χ1) is 8.70. The smallest absolute Gasteiger partial charge is 0.297 e. The highest BCUT2D eigenvalue weighted by atomic mass is 16.5. The molecule has 1 heterocycles. The molecule has 0 bridgehead atoms. The third-order valence-corrected chi connectivity index (χ3v) is 2.38. The second-order valence-electron chi connectivity index (χ2n) is 3.69. The summed E-state index contributed by atoms with van der Waals surface area (Å²) in [6, 6.07) is 5.16. The third-order valence-electron chi connectivity index (χ3n) is 2.38. The molecule has 0 aliphatic carbocycles. The van der Waals surface area contributed by atoms with E-state index in [-0.39, 0.29) is 11.6 Å². The number of aromatic nitrogens is 2. The molecule has 0 aliphatic heterocycles. The van der Waals surface area contributed by atoms with Gasteiger partial charge in [0.05, 0.1) is 17.5 Å². The number of hydrogen-bond acceptors (Lipinski definition) is 5. The van der Waals surface area contributed by atoms with Gasteiger partial charge in [-0.25, -0.2) is 0 Å². The van der Waals surface area contributed by atoms with Crippen molar-refractivity contribution in [1.29, 1.82) is 0 Å². The molecule has 2 rings (SSSR count). The fourth-order valence-electron chi connectivity index (χ4n) is 1.54. The lowest BCUT2D eigenvalue weighted by atomic mass is 10.2. The average molecular weight is 249 g/mol. The average Bonchev–Trinajstić information content (AvgIpc) is 2.36. The van der Waals surface area contributed by atoms with E-state index < -0.39 is 0 Å². The van der Waals surface area contributed by atoms with Crippen molar-refractivity contribution in [2.24, 2.45) is 0 Å². The number of hydrogen-bond donors (Lipinski definition) is 2. The molecule has 0 radical (unpaired) electrons. The van der Waals surface area contributed by atoms with E-state index >= 15 is 0 Å². The number of rotatable bonds is 5. The molecule has 0 atom stereocenters. The number of nitrogens with two attached hydrogens (primary N) is 1. The molecular formula is C12H15N3O3. The molecule has 6 nitrogen and oxygen atoms in total. The lowest BCUT2D eigenvalue weighted by Crippen LogP contribution is -2.14. The van der Waals surface area contributed by atoms with Crippen LogP contribution in [-0.2, 0) is 4.74 Å². The lowest BCUT2D eigenvalue weighted by Gasteiger charge is -2.06. The topological polar surface area (TPSA) is 90.2 Å². The highest BCUT2D eigenvalue weighted by Crippen LogP contribution is 2.13. The van der Waals surface area contributed by atoms with Gasteiger partial charge in [0.15, 0.2) is 0 Å². The zero-order valence-corrected chi connectivity index (χ0v) is 10.1. The van der Waals surface area contributed by atoms with Gasteiger partial charge in [0.1, 0.15) is 6.61 Å². The predicted octanol–water partition coefficient (Wildman–Crippen LogP) is 0.921. The Hall–Kier alpha value is -2.08. The summed E-state index contributed by atoms with van der Waals surface area (Å²) in [5, 5.41) is 0.451. The highest BCUT2D eigenvalue weighted by Gasteiger charge is 2.04. The first kappa shape index (κ1) is 12.4. The Bertz CT molecular complexity index is 595. The van der Waals surface area contributed by atoms with Crippen LogP contribution >= 0.6 is 0 Å². The highest BCUT2D eigenvalue weighted by molar-refractivity contribution is 5.81. The van der Waals surface area contributed by atoms with Crippen molar-refractivity contribution in [2.75, 3.05) is 25.6 Å². The fourth-order valence-corrected chi connectivity index (χ4v) is 1.54. The van der Waals surface area contributed by atoms with Crippen LogP contribution in [0.25, 0.3) is 10.9 Å². The number of nitrogen functional groups attached to an aromatic ring is 1. The maximum absolute atomic E-state index is 11.8. The minimum Gasteiger partial charge on any atom is -0.462 e. The monoisotopic (exact) mass is 249 g/mol. The standard InChI is InChI=1S/C12H15N3O3/c1-2-17-5-6-18-12-14-10-4-3-8(13)7-9(10)11(16)15-12/h3-4,7H,2,5-6,13H2,1H3,(H,14,15,16). The summed E-state index contributed by atoms with van der Waals surface area (Å²) in [6.45, 7) is 3.34. The minimum atomic E-state index is -0.265. The second kappa shape index (κ2) is 5.50. The quantitative estimate of drug-likeness (QED) is 0.607. The molecule has 1 aromatic carbocycles. The van der Waals surface area contributed by atoms with Crippen LogP contribution in [0.1, 0.15) is 6.92 Å². The summed E-state index contributed by atoms with van der Waals surface area (Å²) in [6.07, 6.45) is 0. The fraction of sp³-hybridized carbons (Fsp3) is 0.333. The number of aromatic amines is 1. The van der Waals surface area contributed by atoms with Gasteiger partial charge in [-0.05, 0) is 25.1 Å². The zero-order valence-electron chi connectivity index (χ0n) is 10.1. The van der Waals surface area contributed by atoms with Gasteiger partial charge >= 0.3 is 0 Å². The molecule has 2 aromatic rings. The molecule has 0 spiro atoms. The van der Waals surface area contributed by atoms with Crippen LogP contribution < -0.4 is 16.0 Å². The summed E-state index contributed by atoms with van der Waals surface area (Å²) in [7, 11) is 0. The minimum absolute atomic E-state index is 0.192. The molecule has 0 unspecified atom stereocenters. The Kier molecular flexibility index (Phi) is 3.78. The van der Waals surface area contributed by atoms with Gasteiger partial charge < -0.3 is 15.2 Å². The lowest BCUT2D eigenvalue weighted by molar-refractivity contribution is 0.106. The van der Waals surface area contributed by atoms with E-state index in [1.165, 1.54) is 0 Å². The first-order valence-corrected chi connectivity index (χ1v) is 5.71. The van der Waals surface area contributed by atoms with Gasteiger partial charge in [-0.1, -0.05) is 0 Å². The van der Waals surface area contributed by atoms with E-state index in [4.69, 9.17) is 15.2 Å². The van der Waals surface area contributed by atoms with E-state index in [2.05, 4.69) is 9.97 Å². The normalized spacial score (nSPS) is 10.7. The summed E-state index contributed by atoms with van der Waals surface area (Å²) in [4.78, 5) is 18.5. The van der Waals surface area contributed by atoms with Gasteiger partial charge in [0.2, 0.25) is 0 Å². The van der Waals surface area contributed by atoms with Crippen LogP contribution in [0.4, 0.5) is 5.69 Å². The molecule has 0 saturated heterocycles. The summed E-state index contributed by atoms with van der Waals surface area (Å²) < 4.78 is 10.4. The van der Waals surface area contributed by atoms with Gasteiger partial charge in [0.25, 0.3) is 11.6 Å². The van der Waals surface area contributed by atoms with Crippen molar-refractivity contribution in [1.82, 2.24) is 9.97 Å². The maximum atomic E-state index is 11.8. The van der Waals surface area contributed by atoms with Crippen LogP contribution in [0.2, 0.25) is 0 Å². The molecule has 18 heavy (non-hydrogen) atoms. The molecule has 3 N–H and O–H groups in total. The van der Waals surface area contributed by atoms with Crippen LogP contribution in [0.5, 0.6) is 6.01 Å². The van der Waals surface area contributed by atoms with Gasteiger partial charge in [-0.2, -0.15) is 4.98 Å². The Morgan fingerprint density at radius 1 is 1.39 bits per heavy atom. The number of ether oxygens (including phenoxy) is 2. The van der Waals surface area contributed by atoms with Crippen molar-refractivity contribution >= 4 is 16.6 Å². The number of fused-ring (bicyclic) bond motifs is 1. The van der Waals surface area contributed by atoms with E-state index in [0.717, 1.165) is 0 Å². The van der Waals surface area contributed by atoms with Gasteiger partial charge in [0, 0.05) is 12.3 Å². The maximum Gasteiger partial charge on any atom is 0.297 e. The Labute approximate surface area is 104 Å². The molecule has 0 aliphatic rings. The van der Waals surface area contributed by atoms with E-state index in [9.17, 15) is 4.79 Å². The van der Waals surface area contributed by atoms with Crippen LogP contribution in [0.15, 0.2) is 23.0 Å². The molecule has 0 saturated carbocycles. The van der Waals surface area contributed by atoms with Crippen molar-refractivity contribution in [3.05, 3.63) is 28.6 Å². The molecule has 0 fully saturated rings. The number of nitrogens with zero attached hydrogens (tertiary/aromatic N) is 1. The van der Waals surface area contributed by atoms with Crippen LogP contribution in [-0.4, -0.2) is 29.8 Å². The number of benzene rings is 1. The number of anilines is 1. The largest absolute Gasteiger partial charge is 0.462 e. The van der Waals surface area contributed by atoms with Gasteiger partial charge in [-0.15, -0.1) is 0 Å². The second-order valence-corrected chi connectivity index (χ2v) is 3.69. The molecule has 96 valence electrons. The molecule has 1 aromatic heterocycles. The van der Waals surface area contributed by atoms with Crippen LogP contribution in [0.3, 0.4) is 0 Å². The summed E-state index contributed by atoms with van der Waals surface area (Å²) in [5.41, 5.74) is 6.43. The molecule has 0 amide bonds. The number of nitrogens with one attached hydrogen (secondary N) is 1. The Morgan fingerprint density at radius 3 is 3.00 bits per heavy atom. The Balaban J connectivity index is 2.21. The summed E-state index contributed by atoms with van der Waals surface area (Å²) in [5.74, 6) is 0.